The standard InChI is InChI=1S/C30H28O6/c1-33-20-11-7-17(8-12-20)29(31)35-27-24-16-25(26-22-6-4-3-5-19(22)15-23(24)26)28(27)36-30(32)18-9-13-21(34-2)14-10-18/h3-14,23-28H,15-16H2,1-2H3. The molecule has 0 saturated heterocycles. The van der Waals surface area contributed by atoms with E-state index in [0.717, 1.165) is 12.8 Å². The minimum atomic E-state index is -0.501. The summed E-state index contributed by atoms with van der Waals surface area (Å²) in [5.41, 5.74) is 3.59. The second kappa shape index (κ2) is 9.01. The van der Waals surface area contributed by atoms with Gasteiger partial charge in [-0.1, -0.05) is 24.3 Å². The number of fused-ring (bicyclic) bond motifs is 7. The number of carbonyl (C=O) groups excluding carboxylic acids is 2. The molecule has 6 unspecified atom stereocenters. The van der Waals surface area contributed by atoms with Crippen LogP contribution in [0.25, 0.3) is 0 Å². The molecule has 0 spiro atoms. The van der Waals surface area contributed by atoms with Gasteiger partial charge < -0.3 is 18.9 Å². The molecule has 2 saturated carbocycles. The summed E-state index contributed by atoms with van der Waals surface area (Å²) in [4.78, 5) is 26.3. The van der Waals surface area contributed by atoms with Gasteiger partial charge in [0.25, 0.3) is 0 Å². The Bertz CT molecular complexity index is 1280. The maximum absolute atomic E-state index is 13.2. The highest BCUT2D eigenvalue weighted by Gasteiger charge is 2.63. The summed E-state index contributed by atoms with van der Waals surface area (Å²) < 4.78 is 22.7. The largest absolute Gasteiger partial charge is 0.497 e. The zero-order valence-corrected chi connectivity index (χ0v) is 20.3. The van der Waals surface area contributed by atoms with Crippen LogP contribution in [0, 0.1) is 17.8 Å². The minimum absolute atomic E-state index is 0.111. The molecule has 2 bridgehead atoms. The molecule has 0 radical (unpaired) electrons. The summed E-state index contributed by atoms with van der Waals surface area (Å²) in [6.07, 6.45) is 0.865. The fourth-order valence-corrected chi connectivity index (χ4v) is 6.61. The fraction of sp³-hybridized carbons (Fsp3) is 0.333. The summed E-state index contributed by atoms with van der Waals surface area (Å²) >= 11 is 0. The van der Waals surface area contributed by atoms with E-state index in [1.165, 1.54) is 11.1 Å². The minimum Gasteiger partial charge on any atom is -0.497 e. The van der Waals surface area contributed by atoms with E-state index in [2.05, 4.69) is 24.3 Å². The summed E-state index contributed by atoms with van der Waals surface area (Å²) in [6.45, 7) is 0. The predicted octanol–water partition coefficient (Wildman–Crippen LogP) is 5.06. The van der Waals surface area contributed by atoms with E-state index >= 15 is 0 Å². The van der Waals surface area contributed by atoms with Crippen molar-refractivity contribution in [1.82, 2.24) is 0 Å². The van der Waals surface area contributed by atoms with Crippen LogP contribution in [0.5, 0.6) is 11.5 Å². The van der Waals surface area contributed by atoms with Crippen LogP contribution in [0.3, 0.4) is 0 Å². The van der Waals surface area contributed by atoms with E-state index in [0.29, 0.717) is 34.5 Å². The Morgan fingerprint density at radius 2 is 1.19 bits per heavy atom. The Balaban J connectivity index is 1.28. The van der Waals surface area contributed by atoms with Crippen LogP contribution < -0.4 is 9.47 Å². The lowest BCUT2D eigenvalue weighted by Crippen LogP contribution is -2.45. The molecule has 0 aromatic heterocycles. The van der Waals surface area contributed by atoms with Crippen LogP contribution in [0.2, 0.25) is 0 Å². The first kappa shape index (κ1) is 22.7. The molecule has 184 valence electrons. The highest BCUT2D eigenvalue weighted by Crippen LogP contribution is 2.62. The molecular formula is C30H28O6. The van der Waals surface area contributed by atoms with Crippen molar-refractivity contribution in [2.45, 2.75) is 31.0 Å². The van der Waals surface area contributed by atoms with E-state index < -0.39 is 24.1 Å². The van der Waals surface area contributed by atoms with Gasteiger partial charge >= 0.3 is 11.9 Å². The summed E-state index contributed by atoms with van der Waals surface area (Å²) in [5, 5.41) is 0. The van der Waals surface area contributed by atoms with E-state index in [-0.39, 0.29) is 11.8 Å². The summed E-state index contributed by atoms with van der Waals surface area (Å²) in [7, 11) is 3.17. The van der Waals surface area contributed by atoms with Gasteiger partial charge in [-0.3, -0.25) is 0 Å². The lowest BCUT2D eigenvalue weighted by Gasteiger charge is -2.37. The van der Waals surface area contributed by atoms with Crippen molar-refractivity contribution in [2.24, 2.45) is 17.8 Å². The number of ether oxygens (including phenoxy) is 4. The van der Waals surface area contributed by atoms with Crippen LogP contribution in [0.4, 0.5) is 0 Å². The van der Waals surface area contributed by atoms with Crippen LogP contribution in [0.15, 0.2) is 72.8 Å². The number of methoxy groups -OCH3 is 2. The Kier molecular flexibility index (Phi) is 5.67. The summed E-state index contributed by atoms with van der Waals surface area (Å²) in [5.74, 6) is 1.47. The molecule has 0 heterocycles. The van der Waals surface area contributed by atoms with E-state index in [1.54, 1.807) is 62.8 Å². The molecule has 6 heteroatoms. The number of carbonyl (C=O) groups is 2. The predicted molar refractivity (Wildman–Crippen MR) is 132 cm³/mol. The molecule has 0 N–H and O–H groups in total. The Morgan fingerprint density at radius 1 is 0.667 bits per heavy atom. The first-order valence-corrected chi connectivity index (χ1v) is 12.3. The molecule has 0 aliphatic heterocycles. The molecule has 36 heavy (non-hydrogen) atoms. The Labute approximate surface area is 210 Å². The van der Waals surface area contributed by atoms with Crippen LogP contribution in [0.1, 0.15) is 44.2 Å². The quantitative estimate of drug-likeness (QED) is 0.456. The second-order valence-electron chi connectivity index (χ2n) is 9.85. The zero-order chi connectivity index (χ0) is 24.8. The molecule has 0 amide bonds. The topological polar surface area (TPSA) is 71.1 Å². The first-order valence-electron chi connectivity index (χ1n) is 12.3. The van der Waals surface area contributed by atoms with Crippen molar-refractivity contribution in [3.63, 3.8) is 0 Å². The lowest BCUT2D eigenvalue weighted by atomic mass is 9.76. The second-order valence-corrected chi connectivity index (χ2v) is 9.85. The number of esters is 2. The van der Waals surface area contributed by atoms with Gasteiger partial charge in [-0.15, -0.1) is 0 Å². The Hall–Kier alpha value is -3.80. The Morgan fingerprint density at radius 3 is 1.75 bits per heavy atom. The van der Waals surface area contributed by atoms with Crippen LogP contribution in [-0.4, -0.2) is 38.4 Å². The van der Waals surface area contributed by atoms with Crippen molar-refractivity contribution in [1.29, 1.82) is 0 Å². The zero-order valence-electron chi connectivity index (χ0n) is 20.3. The molecule has 6 rings (SSSR count). The van der Waals surface area contributed by atoms with Gasteiger partial charge in [0.2, 0.25) is 0 Å². The van der Waals surface area contributed by atoms with Gasteiger partial charge in [0, 0.05) is 11.8 Å². The van der Waals surface area contributed by atoms with Gasteiger partial charge in [-0.05, 0) is 84.3 Å². The third-order valence-corrected chi connectivity index (χ3v) is 8.19. The molecule has 3 aliphatic carbocycles. The van der Waals surface area contributed by atoms with Crippen LogP contribution in [-0.2, 0) is 15.9 Å². The van der Waals surface area contributed by atoms with Gasteiger partial charge in [-0.25, -0.2) is 9.59 Å². The smallest absolute Gasteiger partial charge is 0.338 e. The molecule has 3 aromatic carbocycles. The van der Waals surface area contributed by atoms with E-state index in [4.69, 9.17) is 18.9 Å². The number of hydrogen-bond donors (Lipinski definition) is 0. The lowest BCUT2D eigenvalue weighted by molar-refractivity contribution is -0.0698. The fourth-order valence-electron chi connectivity index (χ4n) is 6.61. The molecular weight excluding hydrogens is 456 g/mol. The van der Waals surface area contributed by atoms with E-state index in [9.17, 15) is 9.59 Å². The van der Waals surface area contributed by atoms with E-state index in [1.807, 2.05) is 0 Å². The van der Waals surface area contributed by atoms with Gasteiger partial charge in [0.05, 0.1) is 25.3 Å². The SMILES string of the molecule is COc1ccc(C(=O)OC2C3CC(C2OC(=O)c2ccc(OC)cc2)C2c4ccccc4CC32)cc1. The number of hydrogen-bond acceptors (Lipinski definition) is 6. The van der Waals surface area contributed by atoms with Gasteiger partial charge in [-0.2, -0.15) is 0 Å². The van der Waals surface area contributed by atoms with Crippen molar-refractivity contribution < 1.29 is 28.5 Å². The molecule has 3 aliphatic rings. The number of rotatable bonds is 6. The van der Waals surface area contributed by atoms with Crippen LogP contribution >= 0.6 is 0 Å². The van der Waals surface area contributed by atoms with Gasteiger partial charge in [0.1, 0.15) is 23.7 Å². The molecule has 6 atom stereocenters. The first-order chi connectivity index (χ1) is 17.6. The van der Waals surface area contributed by atoms with Crippen molar-refractivity contribution >= 4 is 11.9 Å². The average molecular weight is 485 g/mol. The highest BCUT2D eigenvalue weighted by atomic mass is 16.6. The third kappa shape index (κ3) is 3.72. The normalized spacial score (nSPS) is 27.2. The van der Waals surface area contributed by atoms with Crippen molar-refractivity contribution in [3.8, 4) is 11.5 Å². The maximum Gasteiger partial charge on any atom is 0.338 e. The highest BCUT2D eigenvalue weighted by molar-refractivity contribution is 5.90. The average Bonchev–Trinajstić information content (AvgIpc) is 3.58. The third-order valence-electron chi connectivity index (χ3n) is 8.19. The monoisotopic (exact) mass is 484 g/mol. The summed E-state index contributed by atoms with van der Waals surface area (Å²) in [6, 6.07) is 22.3. The molecule has 3 aromatic rings. The molecule has 2 fully saturated rings. The van der Waals surface area contributed by atoms with Gasteiger partial charge in [0.15, 0.2) is 0 Å². The molecule has 6 nitrogen and oxygen atoms in total. The van der Waals surface area contributed by atoms with Crippen molar-refractivity contribution in [3.05, 3.63) is 95.1 Å². The van der Waals surface area contributed by atoms with Crippen molar-refractivity contribution in [2.75, 3.05) is 14.2 Å². The number of benzene rings is 3. The maximum atomic E-state index is 13.2.